The first kappa shape index (κ1) is 25.0. The molecule has 1 N–H and O–H groups in total. The van der Waals surface area contributed by atoms with Crippen LogP contribution in [-0.2, 0) is 6.42 Å². The molecular formula is C33H24N2O5S. The van der Waals surface area contributed by atoms with Crippen molar-refractivity contribution in [2.45, 2.75) is 18.9 Å². The summed E-state index contributed by atoms with van der Waals surface area (Å²) in [4.78, 5) is 31.1. The van der Waals surface area contributed by atoms with Crippen LogP contribution in [-0.4, -0.2) is 22.8 Å². The molecule has 0 bridgehead atoms. The monoisotopic (exact) mass is 560 g/mol. The van der Waals surface area contributed by atoms with E-state index in [-0.39, 0.29) is 17.2 Å². The molecule has 0 saturated heterocycles. The number of carbonyl (C=O) groups is 1. The van der Waals surface area contributed by atoms with Crippen molar-refractivity contribution >= 4 is 29.1 Å². The van der Waals surface area contributed by atoms with E-state index >= 15 is 0 Å². The Labute approximate surface area is 238 Å². The van der Waals surface area contributed by atoms with Crippen molar-refractivity contribution in [1.82, 2.24) is 4.57 Å². The fourth-order valence-corrected chi connectivity index (χ4v) is 6.61. The lowest BCUT2D eigenvalue weighted by Gasteiger charge is -2.30. The summed E-state index contributed by atoms with van der Waals surface area (Å²) in [7, 11) is 1.64. The number of thiazole rings is 1. The number of fused-ring (bicyclic) bond motifs is 3. The molecule has 0 saturated carbocycles. The van der Waals surface area contributed by atoms with Crippen LogP contribution in [0.4, 0.5) is 0 Å². The van der Waals surface area contributed by atoms with Crippen LogP contribution in [0.1, 0.15) is 45.3 Å². The fourth-order valence-electron chi connectivity index (χ4n) is 5.63. The molecule has 1 aliphatic heterocycles. The Hall–Kier alpha value is -4.95. The first-order valence-electron chi connectivity index (χ1n) is 13.2. The van der Waals surface area contributed by atoms with Crippen molar-refractivity contribution in [1.29, 1.82) is 0 Å². The summed E-state index contributed by atoms with van der Waals surface area (Å²) in [5.74, 6) is 0.778. The molecule has 0 unspecified atom stereocenters. The van der Waals surface area contributed by atoms with E-state index in [1.54, 1.807) is 48.1 Å². The Morgan fingerprint density at radius 3 is 2.68 bits per heavy atom. The molecule has 0 amide bonds. The van der Waals surface area contributed by atoms with Gasteiger partial charge in [-0.25, -0.2) is 9.79 Å². The number of ether oxygens (including phenoxy) is 1. The molecule has 5 aromatic rings. The van der Waals surface area contributed by atoms with Gasteiger partial charge in [-0.15, -0.1) is 0 Å². The Bertz CT molecular complexity index is 2050. The second-order valence-electron chi connectivity index (χ2n) is 9.97. The van der Waals surface area contributed by atoms with Gasteiger partial charge in [0.25, 0.3) is 5.56 Å². The fraction of sp³-hybridized carbons (Fsp3) is 0.121. The Balaban J connectivity index is 1.37. The molecule has 1 atom stereocenters. The van der Waals surface area contributed by atoms with Crippen molar-refractivity contribution in [3.05, 3.63) is 138 Å². The van der Waals surface area contributed by atoms with Gasteiger partial charge in [-0.3, -0.25) is 9.36 Å². The number of carboxylic acids is 1. The van der Waals surface area contributed by atoms with E-state index in [2.05, 4.69) is 18.2 Å². The average Bonchev–Trinajstić information content (AvgIpc) is 3.60. The van der Waals surface area contributed by atoms with Crippen molar-refractivity contribution in [2.24, 2.45) is 4.99 Å². The second kappa shape index (κ2) is 9.91. The van der Waals surface area contributed by atoms with Crippen LogP contribution in [0.25, 0.3) is 23.1 Å². The van der Waals surface area contributed by atoms with Crippen LogP contribution in [0.5, 0.6) is 5.75 Å². The number of aromatic nitrogens is 1. The molecule has 41 heavy (non-hydrogen) atoms. The van der Waals surface area contributed by atoms with Gasteiger partial charge in [0.2, 0.25) is 0 Å². The maximum absolute atomic E-state index is 14.0. The van der Waals surface area contributed by atoms with Crippen LogP contribution in [0.15, 0.2) is 105 Å². The van der Waals surface area contributed by atoms with E-state index < -0.39 is 5.97 Å². The summed E-state index contributed by atoms with van der Waals surface area (Å²) >= 11 is 1.34. The Morgan fingerprint density at radius 1 is 1.05 bits per heavy atom. The van der Waals surface area contributed by atoms with Crippen molar-refractivity contribution in [3.8, 4) is 17.1 Å². The maximum Gasteiger partial charge on any atom is 0.335 e. The van der Waals surface area contributed by atoms with Crippen LogP contribution in [0.3, 0.4) is 0 Å². The molecule has 3 aromatic carbocycles. The maximum atomic E-state index is 14.0. The third kappa shape index (κ3) is 4.33. The number of methoxy groups -OCH3 is 1. The van der Waals surface area contributed by atoms with Gasteiger partial charge in [-0.05, 0) is 65.9 Å². The average molecular weight is 561 g/mol. The van der Waals surface area contributed by atoms with Crippen LogP contribution in [0, 0.1) is 0 Å². The smallest absolute Gasteiger partial charge is 0.335 e. The number of rotatable bonds is 5. The molecule has 1 aliphatic carbocycles. The molecule has 7 rings (SSSR count). The third-order valence-electron chi connectivity index (χ3n) is 7.60. The number of carboxylic acid groups (broad SMARTS) is 1. The van der Waals surface area contributed by atoms with Gasteiger partial charge in [0.15, 0.2) is 4.80 Å². The van der Waals surface area contributed by atoms with Gasteiger partial charge < -0.3 is 14.3 Å². The first-order chi connectivity index (χ1) is 20.0. The highest BCUT2D eigenvalue weighted by atomic mass is 32.1. The van der Waals surface area contributed by atoms with Crippen LogP contribution < -0.4 is 19.6 Å². The van der Waals surface area contributed by atoms with Crippen molar-refractivity contribution in [2.75, 3.05) is 7.11 Å². The lowest BCUT2D eigenvalue weighted by molar-refractivity contribution is 0.0697. The highest BCUT2D eigenvalue weighted by Crippen LogP contribution is 2.41. The molecule has 0 spiro atoms. The number of hydrogen-bond donors (Lipinski definition) is 1. The minimum absolute atomic E-state index is 0.134. The highest BCUT2D eigenvalue weighted by molar-refractivity contribution is 7.07. The van der Waals surface area contributed by atoms with E-state index in [1.807, 2.05) is 30.3 Å². The molecule has 2 aliphatic rings. The summed E-state index contributed by atoms with van der Waals surface area (Å²) in [6, 6.07) is 26.1. The van der Waals surface area contributed by atoms with Crippen LogP contribution >= 0.6 is 11.3 Å². The van der Waals surface area contributed by atoms with Gasteiger partial charge in [-0.1, -0.05) is 59.9 Å². The Kier molecular flexibility index (Phi) is 6.05. The number of furan rings is 1. The number of benzene rings is 3. The van der Waals surface area contributed by atoms with Gasteiger partial charge in [-0.2, -0.15) is 0 Å². The third-order valence-corrected chi connectivity index (χ3v) is 8.58. The number of allylic oxidation sites excluding steroid dienone is 1. The van der Waals surface area contributed by atoms with Crippen LogP contribution in [0.2, 0.25) is 0 Å². The Morgan fingerprint density at radius 2 is 1.88 bits per heavy atom. The molecule has 0 fully saturated rings. The minimum atomic E-state index is -1.00. The summed E-state index contributed by atoms with van der Waals surface area (Å²) < 4.78 is 13.7. The molecular weight excluding hydrogens is 536 g/mol. The predicted molar refractivity (Wildman–Crippen MR) is 157 cm³/mol. The second-order valence-corrected chi connectivity index (χ2v) is 11.0. The van der Waals surface area contributed by atoms with Crippen molar-refractivity contribution in [3.63, 3.8) is 0 Å². The summed E-state index contributed by atoms with van der Waals surface area (Å²) in [5.41, 5.74) is 6.15. The summed E-state index contributed by atoms with van der Waals surface area (Å²) in [5, 5.41) is 9.34. The summed E-state index contributed by atoms with van der Waals surface area (Å²) in [6.07, 6.45) is 3.43. The van der Waals surface area contributed by atoms with E-state index in [9.17, 15) is 14.7 Å². The predicted octanol–water partition coefficient (Wildman–Crippen LogP) is 5.29. The van der Waals surface area contributed by atoms with Gasteiger partial charge >= 0.3 is 5.97 Å². The number of hydrogen-bond acceptors (Lipinski definition) is 6. The van der Waals surface area contributed by atoms with Gasteiger partial charge in [0.05, 0.1) is 28.9 Å². The molecule has 202 valence electrons. The van der Waals surface area contributed by atoms with Gasteiger partial charge in [0, 0.05) is 17.2 Å². The molecule has 0 radical (unpaired) electrons. The minimum Gasteiger partial charge on any atom is -0.497 e. The zero-order valence-electron chi connectivity index (χ0n) is 22.0. The largest absolute Gasteiger partial charge is 0.497 e. The number of aryl methyl sites for hydroxylation is 1. The topological polar surface area (TPSA) is 94.0 Å². The summed E-state index contributed by atoms with van der Waals surface area (Å²) in [6.45, 7) is 0. The zero-order valence-corrected chi connectivity index (χ0v) is 22.9. The van der Waals surface area contributed by atoms with E-state index in [1.165, 1.54) is 23.0 Å². The van der Waals surface area contributed by atoms with Crippen molar-refractivity contribution < 1.29 is 19.1 Å². The number of nitrogens with zero attached hydrogens (tertiary/aromatic N) is 2. The quantitative estimate of drug-likeness (QED) is 0.316. The molecule has 8 heteroatoms. The first-order valence-corrected chi connectivity index (χ1v) is 14.0. The molecule has 7 nitrogen and oxygen atoms in total. The lowest BCUT2D eigenvalue weighted by Crippen LogP contribution is -2.38. The standard InChI is InChI=1S/C33H24N2O5S/c1-39-23-12-9-20(10-13-23)30-26-15-11-19-5-2-3-8-25(19)29(26)34-33-35(30)31(36)28(41-33)18-24-14-16-27(40-24)21-6-4-7-22(17-21)32(37)38/h2-10,12-14,16-18,30H,11,15H2,1H3,(H,37,38)/b28-18+/t30-/m1/s1. The van der Waals surface area contributed by atoms with Gasteiger partial charge in [0.1, 0.15) is 17.3 Å². The zero-order chi connectivity index (χ0) is 28.1. The normalized spacial score (nSPS) is 16.0. The lowest BCUT2D eigenvalue weighted by atomic mass is 9.83. The van der Waals surface area contributed by atoms with E-state index in [0.717, 1.165) is 41.0 Å². The SMILES string of the molecule is COc1ccc([C@@H]2C3=C(N=c4s/c(=C/c5ccc(-c6cccc(C(=O)O)c6)o5)c(=O)n42)c2ccccc2CC3)cc1. The molecule has 2 aromatic heterocycles. The molecule has 3 heterocycles. The van der Waals surface area contributed by atoms with E-state index in [4.69, 9.17) is 14.1 Å². The number of aromatic carboxylic acids is 1. The van der Waals surface area contributed by atoms with E-state index in [0.29, 0.717) is 26.4 Å². The highest BCUT2D eigenvalue weighted by Gasteiger charge is 2.32.